The van der Waals surface area contributed by atoms with Gasteiger partial charge in [0.1, 0.15) is 23.9 Å². The highest BCUT2D eigenvalue weighted by molar-refractivity contribution is 5.93. The molecule has 4 unspecified atom stereocenters. The van der Waals surface area contributed by atoms with Gasteiger partial charge in [-0.05, 0) is 19.9 Å². The zero-order valence-corrected chi connectivity index (χ0v) is 9.08. The molecule has 0 aromatic rings. The van der Waals surface area contributed by atoms with Crippen molar-refractivity contribution in [3.05, 3.63) is 23.5 Å². The van der Waals surface area contributed by atoms with Gasteiger partial charge in [-0.1, -0.05) is 6.08 Å². The molecule has 88 valence electrons. The quantitative estimate of drug-likeness (QED) is 0.481. The van der Waals surface area contributed by atoms with Crippen LogP contribution < -0.4 is 0 Å². The molecule has 0 saturated heterocycles. The Bertz CT molecular complexity index is 371. The first-order valence-electron chi connectivity index (χ1n) is 5.17. The number of hydrogen-bond donors (Lipinski definition) is 2. The molecule has 2 heterocycles. The van der Waals surface area contributed by atoms with E-state index in [0.29, 0.717) is 5.76 Å². The minimum atomic E-state index is -1.25. The van der Waals surface area contributed by atoms with Crippen molar-refractivity contribution < 1.29 is 24.5 Å². The normalized spacial score (nSPS) is 38.6. The molecule has 0 aliphatic carbocycles. The highest BCUT2D eigenvalue weighted by Crippen LogP contribution is 2.34. The lowest BCUT2D eigenvalue weighted by molar-refractivity contribution is -0.140. The average Bonchev–Trinajstić information content (AvgIpc) is 2.50. The molecule has 2 rings (SSSR count). The molecule has 0 saturated carbocycles. The van der Waals surface area contributed by atoms with Crippen LogP contribution in [0.25, 0.3) is 0 Å². The van der Waals surface area contributed by atoms with Crippen LogP contribution in [0.3, 0.4) is 0 Å². The third-order valence-corrected chi connectivity index (χ3v) is 2.74. The molecule has 5 heteroatoms. The lowest BCUT2D eigenvalue weighted by atomic mass is 9.96. The van der Waals surface area contributed by atoms with E-state index in [1.165, 1.54) is 0 Å². The van der Waals surface area contributed by atoms with Gasteiger partial charge in [0.25, 0.3) is 0 Å². The molecule has 0 aromatic carbocycles. The van der Waals surface area contributed by atoms with E-state index in [-0.39, 0.29) is 5.57 Å². The van der Waals surface area contributed by atoms with Crippen LogP contribution in [0.1, 0.15) is 13.8 Å². The topological polar surface area (TPSA) is 76.0 Å². The fraction of sp³-hybridized carbons (Fsp3) is 0.545. The second-order valence-electron chi connectivity index (χ2n) is 3.87. The number of aliphatic hydroxyl groups is 2. The number of hydrogen-bond acceptors (Lipinski definition) is 5. The minimum Gasteiger partial charge on any atom is -0.483 e. The van der Waals surface area contributed by atoms with Gasteiger partial charge in [-0.2, -0.15) is 0 Å². The second kappa shape index (κ2) is 3.92. The number of carbonyl (C=O) groups excluding carboxylic acids is 1. The van der Waals surface area contributed by atoms with Crippen LogP contribution in [0.2, 0.25) is 0 Å². The molecule has 0 spiro atoms. The van der Waals surface area contributed by atoms with Gasteiger partial charge in [-0.3, -0.25) is 0 Å². The number of cyclic esters (lactones) is 1. The summed E-state index contributed by atoms with van der Waals surface area (Å²) in [6.45, 7) is 3.45. The summed E-state index contributed by atoms with van der Waals surface area (Å²) < 4.78 is 10.4. The fourth-order valence-electron chi connectivity index (χ4n) is 1.93. The monoisotopic (exact) mass is 226 g/mol. The van der Waals surface area contributed by atoms with E-state index in [1.807, 2.05) is 0 Å². The third-order valence-electron chi connectivity index (χ3n) is 2.74. The molecule has 2 N–H and O–H groups in total. The summed E-state index contributed by atoms with van der Waals surface area (Å²) in [6, 6.07) is 0. The van der Waals surface area contributed by atoms with Crippen molar-refractivity contribution in [2.24, 2.45) is 0 Å². The lowest BCUT2D eigenvalue weighted by Crippen LogP contribution is -2.44. The van der Waals surface area contributed by atoms with Crippen LogP contribution in [0.5, 0.6) is 0 Å². The number of rotatable bonds is 1. The van der Waals surface area contributed by atoms with E-state index >= 15 is 0 Å². The molecule has 0 aromatic heterocycles. The molecule has 2 aliphatic heterocycles. The van der Waals surface area contributed by atoms with E-state index in [4.69, 9.17) is 9.47 Å². The lowest BCUT2D eigenvalue weighted by Gasteiger charge is -2.31. The Morgan fingerprint density at radius 3 is 2.62 bits per heavy atom. The highest BCUT2D eigenvalue weighted by Gasteiger charge is 2.46. The standard InChI is InChI=1S/C11H14O5/c1-3-4-6-8(12)9(13)7-10(16-6)5(2)15-11(7)14/h3-6,8-9,12-13H,1-2H3. The third kappa shape index (κ3) is 1.52. The number of esters is 1. The maximum absolute atomic E-state index is 11.4. The molecule has 0 radical (unpaired) electrons. The Hall–Kier alpha value is -1.33. The van der Waals surface area contributed by atoms with E-state index in [9.17, 15) is 15.0 Å². The Balaban J connectivity index is 2.36. The molecular formula is C11H14O5. The number of carbonyl (C=O) groups is 1. The maximum atomic E-state index is 11.4. The Morgan fingerprint density at radius 1 is 1.31 bits per heavy atom. The predicted octanol–water partition coefficient (Wildman–Crippen LogP) is -0.118. The summed E-state index contributed by atoms with van der Waals surface area (Å²) in [5.41, 5.74) is 0.0424. The van der Waals surface area contributed by atoms with Gasteiger partial charge in [-0.25, -0.2) is 4.79 Å². The van der Waals surface area contributed by atoms with Gasteiger partial charge in [0.15, 0.2) is 11.9 Å². The van der Waals surface area contributed by atoms with Crippen molar-refractivity contribution in [3.63, 3.8) is 0 Å². The van der Waals surface area contributed by atoms with E-state index in [1.54, 1.807) is 26.0 Å². The summed E-state index contributed by atoms with van der Waals surface area (Å²) in [6.07, 6.45) is -0.190. The van der Waals surface area contributed by atoms with Crippen LogP contribution in [0.4, 0.5) is 0 Å². The SMILES string of the molecule is CC=CC1OC2=C(C(=O)OC2C)C(O)C1O. The van der Waals surface area contributed by atoms with Crippen molar-refractivity contribution in [2.75, 3.05) is 0 Å². The summed E-state index contributed by atoms with van der Waals surface area (Å²) in [5.74, 6) is -0.293. The molecule has 4 atom stereocenters. The zero-order valence-electron chi connectivity index (χ0n) is 9.08. The van der Waals surface area contributed by atoms with E-state index < -0.39 is 30.4 Å². The van der Waals surface area contributed by atoms with Gasteiger partial charge >= 0.3 is 5.97 Å². The average molecular weight is 226 g/mol. The van der Waals surface area contributed by atoms with Crippen molar-refractivity contribution in [1.29, 1.82) is 0 Å². The first kappa shape index (κ1) is 11.2. The van der Waals surface area contributed by atoms with Crippen LogP contribution in [0.15, 0.2) is 23.5 Å². The summed E-state index contributed by atoms with van der Waals surface area (Å²) in [7, 11) is 0. The fourth-order valence-corrected chi connectivity index (χ4v) is 1.93. The molecular weight excluding hydrogens is 212 g/mol. The maximum Gasteiger partial charge on any atom is 0.341 e. The zero-order chi connectivity index (χ0) is 11.9. The highest BCUT2D eigenvalue weighted by atomic mass is 16.6. The molecule has 0 bridgehead atoms. The Kier molecular flexibility index (Phi) is 2.73. The first-order valence-corrected chi connectivity index (χ1v) is 5.17. The van der Waals surface area contributed by atoms with E-state index in [0.717, 1.165) is 0 Å². The van der Waals surface area contributed by atoms with Crippen molar-refractivity contribution in [3.8, 4) is 0 Å². The summed E-state index contributed by atoms with van der Waals surface area (Å²) >= 11 is 0. The molecule has 16 heavy (non-hydrogen) atoms. The second-order valence-corrected chi connectivity index (χ2v) is 3.87. The van der Waals surface area contributed by atoms with Crippen LogP contribution in [0, 0.1) is 0 Å². The van der Waals surface area contributed by atoms with Gasteiger partial charge < -0.3 is 19.7 Å². The van der Waals surface area contributed by atoms with Crippen LogP contribution in [-0.4, -0.2) is 40.6 Å². The molecule has 5 nitrogen and oxygen atoms in total. The summed E-state index contributed by atoms with van der Waals surface area (Å²) in [4.78, 5) is 11.4. The van der Waals surface area contributed by atoms with Gasteiger partial charge in [-0.15, -0.1) is 0 Å². The van der Waals surface area contributed by atoms with Crippen LogP contribution >= 0.6 is 0 Å². The van der Waals surface area contributed by atoms with Crippen molar-refractivity contribution in [1.82, 2.24) is 0 Å². The van der Waals surface area contributed by atoms with Gasteiger partial charge in [0.2, 0.25) is 0 Å². The summed E-state index contributed by atoms with van der Waals surface area (Å²) in [5, 5.41) is 19.6. The Labute approximate surface area is 93.0 Å². The largest absolute Gasteiger partial charge is 0.483 e. The molecule has 0 amide bonds. The first-order chi connectivity index (χ1) is 7.56. The number of ether oxygens (including phenoxy) is 2. The van der Waals surface area contributed by atoms with E-state index in [2.05, 4.69) is 0 Å². The molecule has 2 aliphatic rings. The van der Waals surface area contributed by atoms with Crippen LogP contribution in [-0.2, 0) is 14.3 Å². The Morgan fingerprint density at radius 2 is 2.00 bits per heavy atom. The van der Waals surface area contributed by atoms with Gasteiger partial charge in [0, 0.05) is 0 Å². The predicted molar refractivity (Wildman–Crippen MR) is 54.3 cm³/mol. The number of aliphatic hydroxyl groups excluding tert-OH is 2. The van der Waals surface area contributed by atoms with Crippen molar-refractivity contribution >= 4 is 5.97 Å². The molecule has 0 fully saturated rings. The van der Waals surface area contributed by atoms with Crippen molar-refractivity contribution in [2.45, 2.75) is 38.3 Å². The number of allylic oxidation sites excluding steroid dienone is 1. The minimum absolute atomic E-state index is 0.0424. The van der Waals surface area contributed by atoms with Gasteiger partial charge in [0.05, 0.1) is 0 Å². The smallest absolute Gasteiger partial charge is 0.341 e.